The Kier molecular flexibility index (Phi) is 3.97. The predicted molar refractivity (Wildman–Crippen MR) is 90.1 cm³/mol. The third kappa shape index (κ3) is 2.80. The summed E-state index contributed by atoms with van der Waals surface area (Å²) in [5.74, 6) is 0. The first-order valence-corrected chi connectivity index (χ1v) is 7.15. The molecule has 0 unspecified atom stereocenters. The van der Waals surface area contributed by atoms with Crippen molar-refractivity contribution in [1.82, 2.24) is 0 Å². The zero-order valence-corrected chi connectivity index (χ0v) is 11.9. The van der Waals surface area contributed by atoms with Crippen LogP contribution in [-0.4, -0.2) is 0 Å². The fourth-order valence-corrected chi connectivity index (χ4v) is 2.64. The maximum atomic E-state index is 3.91. The standard InChI is InChI=1S/C21H17/c1-2-10-21-19(17-11-5-3-6-12-17)15-9-16-20(21)18-13-7-4-8-14-18/h2-9,11-15H,1,10H2. The lowest BCUT2D eigenvalue weighted by Crippen LogP contribution is -1.93. The van der Waals surface area contributed by atoms with Crippen LogP contribution in [0.3, 0.4) is 0 Å². The summed E-state index contributed by atoms with van der Waals surface area (Å²) < 4.78 is 0. The monoisotopic (exact) mass is 269 g/mol. The van der Waals surface area contributed by atoms with Crippen LogP contribution in [0.5, 0.6) is 0 Å². The summed E-state index contributed by atoms with van der Waals surface area (Å²) >= 11 is 0. The summed E-state index contributed by atoms with van der Waals surface area (Å²) in [6, 6.07) is 28.5. The van der Waals surface area contributed by atoms with Crippen molar-refractivity contribution >= 4 is 0 Å². The first-order chi connectivity index (χ1) is 10.4. The second-order valence-corrected chi connectivity index (χ2v) is 4.97. The van der Waals surface area contributed by atoms with E-state index in [1.807, 2.05) is 24.3 Å². The van der Waals surface area contributed by atoms with Gasteiger partial charge in [0.1, 0.15) is 0 Å². The molecule has 101 valence electrons. The molecule has 0 aliphatic carbocycles. The highest BCUT2D eigenvalue weighted by atomic mass is 14.1. The molecule has 0 N–H and O–H groups in total. The van der Waals surface area contributed by atoms with Gasteiger partial charge in [-0.25, -0.2) is 0 Å². The molecule has 0 heterocycles. The minimum absolute atomic E-state index is 0.839. The summed E-state index contributed by atoms with van der Waals surface area (Å²) in [5, 5.41) is 0. The largest absolute Gasteiger partial charge is 0.103 e. The Labute approximate surface area is 126 Å². The van der Waals surface area contributed by atoms with Crippen molar-refractivity contribution in [3.8, 4) is 22.3 Å². The lowest BCUT2D eigenvalue weighted by Gasteiger charge is -2.14. The quantitative estimate of drug-likeness (QED) is 0.545. The van der Waals surface area contributed by atoms with Gasteiger partial charge in [-0.15, -0.1) is 6.58 Å². The fourth-order valence-electron chi connectivity index (χ4n) is 2.64. The van der Waals surface area contributed by atoms with Crippen LogP contribution in [0.25, 0.3) is 22.3 Å². The van der Waals surface area contributed by atoms with Crippen LogP contribution in [0.2, 0.25) is 0 Å². The van der Waals surface area contributed by atoms with Crippen molar-refractivity contribution in [3.05, 3.63) is 97.1 Å². The van der Waals surface area contributed by atoms with Gasteiger partial charge in [0.2, 0.25) is 0 Å². The van der Waals surface area contributed by atoms with Crippen LogP contribution in [0.15, 0.2) is 85.5 Å². The molecule has 0 aromatic heterocycles. The van der Waals surface area contributed by atoms with E-state index in [4.69, 9.17) is 0 Å². The molecule has 3 aromatic rings. The molecule has 0 heteroatoms. The predicted octanol–water partition coefficient (Wildman–Crippen LogP) is 5.55. The second-order valence-electron chi connectivity index (χ2n) is 4.97. The van der Waals surface area contributed by atoms with Crippen LogP contribution in [0.4, 0.5) is 0 Å². The van der Waals surface area contributed by atoms with E-state index in [2.05, 4.69) is 67.2 Å². The smallest absolute Gasteiger partial charge is 0.00637 e. The van der Waals surface area contributed by atoms with E-state index in [-0.39, 0.29) is 0 Å². The Morgan fingerprint density at radius 1 is 0.810 bits per heavy atom. The highest BCUT2D eigenvalue weighted by Gasteiger charge is 2.10. The van der Waals surface area contributed by atoms with Crippen molar-refractivity contribution in [2.75, 3.05) is 0 Å². The number of allylic oxidation sites excluding steroid dienone is 1. The normalized spacial score (nSPS) is 10.3. The Balaban J connectivity index is 2.20. The summed E-state index contributed by atoms with van der Waals surface area (Å²) in [6.07, 6.45) is 2.80. The molecule has 21 heavy (non-hydrogen) atoms. The summed E-state index contributed by atoms with van der Waals surface area (Å²) in [6.45, 7) is 3.91. The molecule has 3 aromatic carbocycles. The van der Waals surface area contributed by atoms with E-state index in [9.17, 15) is 0 Å². The third-order valence-corrected chi connectivity index (χ3v) is 3.60. The average molecular weight is 269 g/mol. The Morgan fingerprint density at radius 3 is 2.05 bits per heavy atom. The molecule has 0 spiro atoms. The topological polar surface area (TPSA) is 0 Å². The van der Waals surface area contributed by atoms with E-state index in [1.54, 1.807) is 0 Å². The minimum Gasteiger partial charge on any atom is -0.103 e. The van der Waals surface area contributed by atoms with Gasteiger partial charge in [-0.05, 0) is 40.3 Å². The van der Waals surface area contributed by atoms with Gasteiger partial charge in [0, 0.05) is 0 Å². The third-order valence-electron chi connectivity index (χ3n) is 3.60. The van der Waals surface area contributed by atoms with Crippen molar-refractivity contribution < 1.29 is 0 Å². The Bertz CT molecular complexity index is 667. The lowest BCUT2D eigenvalue weighted by atomic mass is 9.90. The fraction of sp³-hybridized carbons (Fsp3) is 0.0476. The van der Waals surface area contributed by atoms with E-state index in [0.717, 1.165) is 12.0 Å². The van der Waals surface area contributed by atoms with Gasteiger partial charge in [-0.3, -0.25) is 0 Å². The molecular weight excluding hydrogens is 252 g/mol. The highest BCUT2D eigenvalue weighted by molar-refractivity contribution is 5.78. The number of hydrogen-bond acceptors (Lipinski definition) is 0. The zero-order chi connectivity index (χ0) is 14.5. The van der Waals surface area contributed by atoms with E-state index in [1.165, 1.54) is 22.3 Å². The molecule has 0 amide bonds. The van der Waals surface area contributed by atoms with Gasteiger partial charge < -0.3 is 0 Å². The van der Waals surface area contributed by atoms with Crippen LogP contribution in [-0.2, 0) is 6.42 Å². The van der Waals surface area contributed by atoms with Gasteiger partial charge in [0.05, 0.1) is 0 Å². The molecule has 0 saturated carbocycles. The number of rotatable bonds is 4. The highest BCUT2D eigenvalue weighted by Crippen LogP contribution is 2.32. The van der Waals surface area contributed by atoms with Gasteiger partial charge in [-0.1, -0.05) is 78.9 Å². The first kappa shape index (κ1) is 13.4. The Hall–Kier alpha value is -2.60. The number of hydrogen-bond donors (Lipinski definition) is 0. The van der Waals surface area contributed by atoms with E-state index in [0.29, 0.717) is 0 Å². The zero-order valence-electron chi connectivity index (χ0n) is 11.9. The van der Waals surface area contributed by atoms with Crippen LogP contribution < -0.4 is 0 Å². The van der Waals surface area contributed by atoms with Gasteiger partial charge in [0.15, 0.2) is 0 Å². The molecule has 3 rings (SSSR count). The summed E-state index contributed by atoms with van der Waals surface area (Å²) in [5.41, 5.74) is 6.14. The molecule has 0 saturated heterocycles. The van der Waals surface area contributed by atoms with E-state index < -0.39 is 0 Å². The first-order valence-electron chi connectivity index (χ1n) is 7.15. The SMILES string of the molecule is C=CCc1c(-c2ccccc2)[c]ccc1-c1ccccc1. The average Bonchev–Trinajstić information content (AvgIpc) is 2.57. The molecule has 0 aliphatic heterocycles. The van der Waals surface area contributed by atoms with Crippen molar-refractivity contribution in [1.29, 1.82) is 0 Å². The van der Waals surface area contributed by atoms with Crippen LogP contribution in [0, 0.1) is 6.07 Å². The molecule has 0 fully saturated rings. The van der Waals surface area contributed by atoms with Crippen LogP contribution in [0.1, 0.15) is 5.56 Å². The van der Waals surface area contributed by atoms with Crippen molar-refractivity contribution in [3.63, 3.8) is 0 Å². The van der Waals surface area contributed by atoms with Crippen LogP contribution >= 0.6 is 0 Å². The lowest BCUT2D eigenvalue weighted by molar-refractivity contribution is 1.28. The number of benzene rings is 3. The Morgan fingerprint density at radius 2 is 1.43 bits per heavy atom. The van der Waals surface area contributed by atoms with E-state index >= 15 is 0 Å². The van der Waals surface area contributed by atoms with Gasteiger partial charge in [0.25, 0.3) is 0 Å². The maximum Gasteiger partial charge on any atom is -0.00637 e. The molecule has 0 atom stereocenters. The minimum atomic E-state index is 0.839. The van der Waals surface area contributed by atoms with Crippen molar-refractivity contribution in [2.24, 2.45) is 0 Å². The second kappa shape index (κ2) is 6.23. The molecule has 0 bridgehead atoms. The molecule has 0 aliphatic rings. The summed E-state index contributed by atoms with van der Waals surface area (Å²) in [7, 11) is 0. The summed E-state index contributed by atoms with van der Waals surface area (Å²) in [4.78, 5) is 0. The molecule has 0 nitrogen and oxygen atoms in total. The van der Waals surface area contributed by atoms with Crippen molar-refractivity contribution in [2.45, 2.75) is 6.42 Å². The maximum absolute atomic E-state index is 3.91. The van der Waals surface area contributed by atoms with Gasteiger partial charge >= 0.3 is 0 Å². The van der Waals surface area contributed by atoms with Gasteiger partial charge in [-0.2, -0.15) is 0 Å². The molecular formula is C21H17. The molecule has 1 radical (unpaired) electrons.